The maximum atomic E-state index is 3.06. The van der Waals surface area contributed by atoms with Gasteiger partial charge in [-0.15, -0.1) is 0 Å². The van der Waals surface area contributed by atoms with Gasteiger partial charge >= 0.3 is 0 Å². The summed E-state index contributed by atoms with van der Waals surface area (Å²) in [6.07, 6.45) is 21.8. The standard InChI is InChI=1S/C42H57N2P.Ru/c1-34-19-13-15-27-39(34)43-31-32-44(40-28-16-14-20-35(40)2)41(43)42(29-17-6-18-30-42)45(37-23-9-4-10-24-37,38-25-11-5-12-26-38)33-36-21-7-3-8-22-36;/h3,7-8,13-16,19-22,27-28,33,37-38,41H,4-6,9-12,17-18,23-26,29-32H2,1-2H3;. The smallest absolute Gasteiger partial charge is 0.111 e. The molecule has 3 aromatic carbocycles. The van der Waals surface area contributed by atoms with Crippen molar-refractivity contribution in [1.29, 1.82) is 0 Å². The van der Waals surface area contributed by atoms with Gasteiger partial charge in [-0.05, 0) is 92.5 Å². The van der Waals surface area contributed by atoms with Crippen LogP contribution in [0.25, 0.3) is 0 Å². The first kappa shape index (κ1) is 34.1. The first-order valence-electron chi connectivity index (χ1n) is 18.6. The molecule has 2 nitrogen and oxygen atoms in total. The Balaban J connectivity index is 0.00000372. The van der Waals surface area contributed by atoms with Crippen LogP contribution in [-0.2, 0) is 19.5 Å². The Morgan fingerprint density at radius 3 is 1.48 bits per heavy atom. The number of para-hydroxylation sites is 2. The van der Waals surface area contributed by atoms with Crippen molar-refractivity contribution in [2.24, 2.45) is 0 Å². The van der Waals surface area contributed by atoms with Crippen molar-refractivity contribution in [1.82, 2.24) is 0 Å². The van der Waals surface area contributed by atoms with E-state index in [9.17, 15) is 0 Å². The van der Waals surface area contributed by atoms with E-state index in [0.29, 0.717) is 6.17 Å². The zero-order valence-corrected chi connectivity index (χ0v) is 31.2. The second kappa shape index (κ2) is 15.2. The molecule has 0 aromatic heterocycles. The minimum absolute atomic E-state index is 0. The molecule has 0 unspecified atom stereocenters. The molecule has 0 radical (unpaired) electrons. The molecule has 3 aliphatic carbocycles. The zero-order chi connectivity index (χ0) is 30.7. The monoisotopic (exact) mass is 722 g/mol. The van der Waals surface area contributed by atoms with Gasteiger partial charge in [-0.25, -0.2) is 0 Å². The van der Waals surface area contributed by atoms with Gasteiger partial charge < -0.3 is 9.80 Å². The van der Waals surface area contributed by atoms with Gasteiger partial charge in [0.05, 0.1) is 0 Å². The molecular formula is C42H57N2PRu. The third-order valence-electron chi connectivity index (χ3n) is 12.5. The van der Waals surface area contributed by atoms with Gasteiger partial charge in [0.25, 0.3) is 0 Å². The molecule has 4 aliphatic rings. The van der Waals surface area contributed by atoms with E-state index in [1.165, 1.54) is 124 Å². The van der Waals surface area contributed by atoms with Gasteiger partial charge in [0.15, 0.2) is 0 Å². The molecule has 1 heterocycles. The molecule has 3 saturated carbocycles. The molecule has 1 saturated heterocycles. The van der Waals surface area contributed by atoms with Crippen LogP contribution in [0, 0.1) is 13.8 Å². The Bertz CT molecular complexity index is 1390. The molecule has 248 valence electrons. The summed E-state index contributed by atoms with van der Waals surface area (Å²) in [4.78, 5) is 5.90. The van der Waals surface area contributed by atoms with Crippen LogP contribution in [0.3, 0.4) is 0 Å². The summed E-state index contributed by atoms with van der Waals surface area (Å²) in [7, 11) is 0. The average Bonchev–Trinajstić information content (AvgIpc) is 3.54. The van der Waals surface area contributed by atoms with Gasteiger partial charge in [0.1, 0.15) is 6.17 Å². The van der Waals surface area contributed by atoms with Crippen molar-refractivity contribution in [2.45, 2.75) is 133 Å². The number of aryl methyl sites for hydroxylation is 2. The molecule has 0 spiro atoms. The summed E-state index contributed by atoms with van der Waals surface area (Å²) in [5.74, 6) is 3.06. The minimum atomic E-state index is -1.68. The number of hydrogen-bond acceptors (Lipinski definition) is 2. The molecule has 0 atom stereocenters. The SMILES string of the molecule is Cc1ccccc1N1CCN(c2ccccc2C)C1C1(P(=Cc2ccccc2)(C2CCCCC2)C2CCCCC2)CCCCC1.[Ru]. The summed E-state index contributed by atoms with van der Waals surface area (Å²) in [6.45, 7) is 5.27. The maximum Gasteiger partial charge on any atom is 0.111 e. The summed E-state index contributed by atoms with van der Waals surface area (Å²) in [6, 6.07) is 30.5. The molecule has 4 fully saturated rings. The van der Waals surface area contributed by atoms with Crippen molar-refractivity contribution >= 4 is 24.1 Å². The molecule has 0 N–H and O–H groups in total. The molecule has 3 aromatic rings. The number of nitrogens with zero attached hydrogens (tertiary/aromatic N) is 2. The number of benzene rings is 3. The fourth-order valence-corrected chi connectivity index (χ4v) is 18.3. The van der Waals surface area contributed by atoms with Crippen molar-refractivity contribution in [3.8, 4) is 0 Å². The topological polar surface area (TPSA) is 6.48 Å². The van der Waals surface area contributed by atoms with E-state index in [0.717, 1.165) is 24.4 Å². The summed E-state index contributed by atoms with van der Waals surface area (Å²) in [5, 5.41) is 0.284. The Morgan fingerprint density at radius 2 is 1.00 bits per heavy atom. The summed E-state index contributed by atoms with van der Waals surface area (Å²) < 4.78 is 0. The first-order chi connectivity index (χ1) is 22.1. The molecule has 1 aliphatic heterocycles. The first-order valence-corrected chi connectivity index (χ1v) is 20.6. The summed E-state index contributed by atoms with van der Waals surface area (Å²) in [5.41, 5.74) is 9.09. The van der Waals surface area contributed by atoms with Crippen LogP contribution < -0.4 is 9.80 Å². The van der Waals surface area contributed by atoms with Gasteiger partial charge in [0.2, 0.25) is 0 Å². The number of hydrogen-bond donors (Lipinski definition) is 0. The predicted molar refractivity (Wildman–Crippen MR) is 199 cm³/mol. The maximum absolute atomic E-state index is 3.06. The zero-order valence-electron chi connectivity index (χ0n) is 28.5. The van der Waals surface area contributed by atoms with Gasteiger partial charge in [-0.3, -0.25) is 0 Å². The molecular weight excluding hydrogens is 665 g/mol. The van der Waals surface area contributed by atoms with E-state index in [-0.39, 0.29) is 24.6 Å². The minimum Gasteiger partial charge on any atom is -0.348 e. The van der Waals surface area contributed by atoms with E-state index < -0.39 is 6.89 Å². The van der Waals surface area contributed by atoms with Gasteiger partial charge in [-0.2, -0.15) is 0 Å². The largest absolute Gasteiger partial charge is 0.348 e. The van der Waals surface area contributed by atoms with Crippen molar-refractivity contribution in [3.05, 3.63) is 95.6 Å². The Hall–Kier alpha value is -1.82. The van der Waals surface area contributed by atoms with Crippen LogP contribution in [0.15, 0.2) is 78.9 Å². The van der Waals surface area contributed by atoms with E-state index in [4.69, 9.17) is 0 Å². The molecule has 7 rings (SSSR count). The predicted octanol–water partition coefficient (Wildman–Crippen LogP) is 11.2. The Kier molecular flexibility index (Phi) is 11.2. The fourth-order valence-electron chi connectivity index (χ4n) is 10.7. The van der Waals surface area contributed by atoms with Crippen LogP contribution in [0.4, 0.5) is 11.4 Å². The van der Waals surface area contributed by atoms with Crippen LogP contribution in [-0.4, -0.2) is 41.5 Å². The Labute approximate surface area is 293 Å². The third-order valence-corrected chi connectivity index (χ3v) is 18.9. The summed E-state index contributed by atoms with van der Waals surface area (Å²) >= 11 is 0. The second-order valence-corrected chi connectivity index (χ2v) is 19.2. The van der Waals surface area contributed by atoms with Crippen LogP contribution in [0.5, 0.6) is 0 Å². The van der Waals surface area contributed by atoms with Gasteiger partial charge in [0, 0.05) is 49.1 Å². The molecule has 4 heteroatoms. The van der Waals surface area contributed by atoms with Crippen molar-refractivity contribution < 1.29 is 19.5 Å². The quantitative estimate of drug-likeness (QED) is 0.177. The van der Waals surface area contributed by atoms with E-state index >= 15 is 0 Å². The van der Waals surface area contributed by atoms with Crippen LogP contribution in [0.2, 0.25) is 0 Å². The third kappa shape index (κ3) is 6.23. The number of anilines is 2. The van der Waals surface area contributed by atoms with E-state index in [1.807, 2.05) is 0 Å². The molecule has 0 bridgehead atoms. The van der Waals surface area contributed by atoms with E-state index in [1.54, 1.807) is 0 Å². The second-order valence-electron chi connectivity index (χ2n) is 15.0. The number of rotatable bonds is 7. The van der Waals surface area contributed by atoms with Crippen molar-refractivity contribution in [2.75, 3.05) is 22.9 Å². The van der Waals surface area contributed by atoms with E-state index in [2.05, 4.69) is 108 Å². The van der Waals surface area contributed by atoms with Crippen molar-refractivity contribution in [3.63, 3.8) is 0 Å². The normalized spacial score (nSPS) is 21.6. The van der Waals surface area contributed by atoms with Crippen LogP contribution >= 0.6 is 6.89 Å². The van der Waals surface area contributed by atoms with Gasteiger partial charge in [-0.1, -0.05) is 137 Å². The molecule has 46 heavy (non-hydrogen) atoms. The van der Waals surface area contributed by atoms with Crippen LogP contribution in [0.1, 0.15) is 113 Å². The fraction of sp³-hybridized carbons (Fsp3) is 0.548. The average molecular weight is 722 g/mol. The Morgan fingerprint density at radius 1 is 0.565 bits per heavy atom. The molecule has 0 amide bonds.